The first kappa shape index (κ1) is 14.1. The number of methoxy groups -OCH3 is 1. The van der Waals surface area contributed by atoms with Crippen molar-refractivity contribution in [2.45, 2.75) is 0 Å². The first-order valence-electron chi connectivity index (χ1n) is 5.62. The summed E-state index contributed by atoms with van der Waals surface area (Å²) in [6.45, 7) is 0.596. The van der Waals surface area contributed by atoms with Crippen LogP contribution in [0.25, 0.3) is 6.08 Å². The van der Waals surface area contributed by atoms with Crippen molar-refractivity contribution in [3.63, 3.8) is 0 Å². The lowest BCUT2D eigenvalue weighted by atomic mass is 10.2. The Balaban J connectivity index is 2.21. The number of hydrogen-bond donors (Lipinski definition) is 0. The molecule has 0 N–H and O–H groups in total. The molecule has 1 aromatic rings. The van der Waals surface area contributed by atoms with Gasteiger partial charge in [0, 0.05) is 12.1 Å². The van der Waals surface area contributed by atoms with Crippen LogP contribution in [0.5, 0.6) is 0 Å². The number of rotatable bonds is 4. The number of hydrogen-bond acceptors (Lipinski definition) is 4. The van der Waals surface area contributed by atoms with Gasteiger partial charge in [0.15, 0.2) is 0 Å². The summed E-state index contributed by atoms with van der Waals surface area (Å²) < 4.78 is 4.88. The fourth-order valence-corrected chi connectivity index (χ4v) is 2.65. The molecule has 0 atom stereocenters. The van der Waals surface area contributed by atoms with Crippen LogP contribution in [-0.2, 0) is 9.53 Å². The summed E-state index contributed by atoms with van der Waals surface area (Å²) in [6.07, 6.45) is 1.64. The topological polar surface area (TPSA) is 46.6 Å². The van der Waals surface area contributed by atoms with Gasteiger partial charge in [0.25, 0.3) is 11.1 Å². The van der Waals surface area contributed by atoms with Crippen LogP contribution in [0, 0.1) is 0 Å². The number of carbonyl (C=O) groups excluding carboxylic acids is 2. The van der Waals surface area contributed by atoms with Crippen molar-refractivity contribution in [2.24, 2.45) is 0 Å². The molecule has 2 amide bonds. The van der Waals surface area contributed by atoms with E-state index < -0.39 is 0 Å². The van der Waals surface area contributed by atoms with Gasteiger partial charge in [-0.1, -0.05) is 29.8 Å². The van der Waals surface area contributed by atoms with E-state index in [0.717, 1.165) is 17.3 Å². The van der Waals surface area contributed by atoms with Crippen molar-refractivity contribution in [3.05, 3.63) is 39.8 Å². The van der Waals surface area contributed by atoms with Crippen molar-refractivity contribution in [1.29, 1.82) is 0 Å². The maximum absolute atomic E-state index is 12.1. The van der Waals surface area contributed by atoms with Gasteiger partial charge in [-0.2, -0.15) is 0 Å². The summed E-state index contributed by atoms with van der Waals surface area (Å²) in [7, 11) is 1.53. The molecule has 1 heterocycles. The fourth-order valence-electron chi connectivity index (χ4n) is 1.61. The zero-order valence-corrected chi connectivity index (χ0v) is 11.8. The molecule has 1 fully saturated rings. The molecule has 0 saturated carbocycles. The number of thioether (sulfide) groups is 1. The summed E-state index contributed by atoms with van der Waals surface area (Å²) in [5.74, 6) is -0.299. The van der Waals surface area contributed by atoms with E-state index in [-0.39, 0.29) is 17.7 Å². The predicted molar refractivity (Wildman–Crippen MR) is 76.0 cm³/mol. The Hall–Kier alpha value is -1.30. The van der Waals surface area contributed by atoms with Crippen LogP contribution >= 0.6 is 23.4 Å². The standard InChI is InChI=1S/C13H12ClNO3S/c1-18-7-6-15-12(16)11(19-13(15)17)8-9-4-2-3-5-10(9)14/h2-5,8H,6-7H2,1H3/b11-8+. The van der Waals surface area contributed by atoms with Gasteiger partial charge in [-0.15, -0.1) is 0 Å². The number of halogens is 1. The van der Waals surface area contributed by atoms with E-state index in [9.17, 15) is 9.59 Å². The Kier molecular flexibility index (Phi) is 4.63. The highest BCUT2D eigenvalue weighted by Crippen LogP contribution is 2.33. The van der Waals surface area contributed by atoms with Crippen molar-refractivity contribution in [1.82, 2.24) is 4.90 Å². The maximum atomic E-state index is 12.1. The quantitative estimate of drug-likeness (QED) is 0.802. The van der Waals surface area contributed by atoms with Gasteiger partial charge in [-0.05, 0) is 29.5 Å². The van der Waals surface area contributed by atoms with Gasteiger partial charge in [-0.3, -0.25) is 14.5 Å². The second kappa shape index (κ2) is 6.23. The minimum absolute atomic E-state index is 0.265. The summed E-state index contributed by atoms with van der Waals surface area (Å²) >= 11 is 6.94. The third kappa shape index (κ3) is 3.18. The van der Waals surface area contributed by atoms with Crippen LogP contribution < -0.4 is 0 Å². The van der Waals surface area contributed by atoms with E-state index in [1.807, 2.05) is 12.1 Å². The van der Waals surface area contributed by atoms with E-state index >= 15 is 0 Å². The molecule has 0 radical (unpaired) electrons. The van der Waals surface area contributed by atoms with Crippen molar-refractivity contribution in [2.75, 3.05) is 20.3 Å². The fraction of sp³-hybridized carbons (Fsp3) is 0.231. The molecule has 0 bridgehead atoms. The molecule has 1 aromatic carbocycles. The van der Waals surface area contributed by atoms with E-state index in [0.29, 0.717) is 16.5 Å². The Morgan fingerprint density at radius 2 is 2.11 bits per heavy atom. The van der Waals surface area contributed by atoms with E-state index in [1.165, 1.54) is 12.0 Å². The van der Waals surface area contributed by atoms with Gasteiger partial charge < -0.3 is 4.74 Å². The normalized spacial score (nSPS) is 17.6. The first-order chi connectivity index (χ1) is 9.13. The molecule has 19 heavy (non-hydrogen) atoms. The number of ether oxygens (including phenoxy) is 1. The zero-order chi connectivity index (χ0) is 13.8. The predicted octanol–water partition coefficient (Wildman–Crippen LogP) is 3.02. The average Bonchev–Trinajstić information content (AvgIpc) is 2.65. The Labute approximate surface area is 120 Å². The molecule has 1 aliphatic heterocycles. The second-order valence-electron chi connectivity index (χ2n) is 3.85. The first-order valence-corrected chi connectivity index (χ1v) is 6.82. The molecule has 0 aromatic heterocycles. The molecule has 1 saturated heterocycles. The van der Waals surface area contributed by atoms with Crippen LogP contribution in [0.1, 0.15) is 5.56 Å². The lowest BCUT2D eigenvalue weighted by Gasteiger charge is -2.10. The van der Waals surface area contributed by atoms with Crippen molar-refractivity contribution >= 4 is 40.6 Å². The number of amides is 2. The monoisotopic (exact) mass is 297 g/mol. The largest absolute Gasteiger partial charge is 0.383 e. The van der Waals surface area contributed by atoms with Crippen molar-refractivity contribution in [3.8, 4) is 0 Å². The molecule has 1 aliphatic rings. The molecular weight excluding hydrogens is 286 g/mol. The summed E-state index contributed by atoms with van der Waals surface area (Å²) in [4.78, 5) is 25.3. The molecular formula is C13H12ClNO3S. The lowest BCUT2D eigenvalue weighted by molar-refractivity contribution is -0.123. The summed E-state index contributed by atoms with van der Waals surface area (Å²) in [6, 6.07) is 7.17. The average molecular weight is 298 g/mol. The minimum atomic E-state index is -0.299. The Bertz CT molecular complexity index is 544. The number of benzene rings is 1. The minimum Gasteiger partial charge on any atom is -0.383 e. The molecule has 0 aliphatic carbocycles. The van der Waals surface area contributed by atoms with E-state index in [1.54, 1.807) is 18.2 Å². The van der Waals surface area contributed by atoms with Crippen LogP contribution in [0.3, 0.4) is 0 Å². The van der Waals surface area contributed by atoms with Gasteiger partial charge in [-0.25, -0.2) is 0 Å². The van der Waals surface area contributed by atoms with Crippen LogP contribution in [0.4, 0.5) is 4.79 Å². The van der Waals surface area contributed by atoms with E-state index in [4.69, 9.17) is 16.3 Å². The van der Waals surface area contributed by atoms with E-state index in [2.05, 4.69) is 0 Å². The maximum Gasteiger partial charge on any atom is 0.293 e. The third-order valence-electron chi connectivity index (χ3n) is 2.58. The molecule has 0 spiro atoms. The third-order valence-corrected chi connectivity index (χ3v) is 3.84. The van der Waals surface area contributed by atoms with Crippen LogP contribution in [0.2, 0.25) is 5.02 Å². The molecule has 100 valence electrons. The molecule has 4 nitrogen and oxygen atoms in total. The Morgan fingerprint density at radius 3 is 2.79 bits per heavy atom. The summed E-state index contributed by atoms with van der Waals surface area (Å²) in [5.41, 5.74) is 0.724. The number of carbonyl (C=O) groups is 2. The highest BCUT2D eigenvalue weighted by atomic mass is 35.5. The number of nitrogens with zero attached hydrogens (tertiary/aromatic N) is 1. The second-order valence-corrected chi connectivity index (χ2v) is 5.25. The zero-order valence-electron chi connectivity index (χ0n) is 10.3. The number of imide groups is 1. The van der Waals surface area contributed by atoms with Gasteiger partial charge >= 0.3 is 0 Å². The smallest absolute Gasteiger partial charge is 0.293 e. The summed E-state index contributed by atoms with van der Waals surface area (Å²) in [5, 5.41) is 0.270. The van der Waals surface area contributed by atoms with Gasteiger partial charge in [0.2, 0.25) is 0 Å². The molecule has 0 unspecified atom stereocenters. The van der Waals surface area contributed by atoms with Gasteiger partial charge in [0.1, 0.15) is 0 Å². The van der Waals surface area contributed by atoms with Crippen LogP contribution in [-0.4, -0.2) is 36.3 Å². The molecule has 2 rings (SSSR count). The van der Waals surface area contributed by atoms with Crippen LogP contribution in [0.15, 0.2) is 29.2 Å². The SMILES string of the molecule is COCCN1C(=O)S/C(=C/c2ccccc2Cl)C1=O. The molecule has 6 heteroatoms. The highest BCUT2D eigenvalue weighted by Gasteiger charge is 2.34. The van der Waals surface area contributed by atoms with Gasteiger partial charge in [0.05, 0.1) is 18.1 Å². The lowest BCUT2D eigenvalue weighted by Crippen LogP contribution is -2.31. The van der Waals surface area contributed by atoms with Crippen molar-refractivity contribution < 1.29 is 14.3 Å². The Morgan fingerprint density at radius 1 is 1.37 bits per heavy atom. The highest BCUT2D eigenvalue weighted by molar-refractivity contribution is 8.18.